The number of anilines is 2. The van der Waals surface area contributed by atoms with Gasteiger partial charge in [-0.2, -0.15) is 0 Å². The van der Waals surface area contributed by atoms with Crippen LogP contribution in [-0.2, 0) is 6.42 Å². The summed E-state index contributed by atoms with van der Waals surface area (Å²) in [5.74, 6) is 0. The Morgan fingerprint density at radius 3 is 1.96 bits per heavy atom. The van der Waals surface area contributed by atoms with E-state index in [1.54, 1.807) is 0 Å². The summed E-state index contributed by atoms with van der Waals surface area (Å²) in [4.78, 5) is 0. The van der Waals surface area contributed by atoms with Gasteiger partial charge in [0.05, 0.1) is 0 Å². The Balaban J connectivity index is 1.67. The molecule has 0 aliphatic heterocycles. The van der Waals surface area contributed by atoms with Crippen LogP contribution in [0.25, 0.3) is 10.8 Å². The molecule has 0 spiro atoms. The van der Waals surface area contributed by atoms with Crippen LogP contribution in [0.5, 0.6) is 0 Å². The van der Waals surface area contributed by atoms with Gasteiger partial charge >= 0.3 is 0 Å². The third-order valence-corrected chi connectivity index (χ3v) is 4.92. The van der Waals surface area contributed by atoms with Gasteiger partial charge < -0.3 is 11.5 Å². The first-order valence-corrected chi connectivity index (χ1v) is 9.78. The van der Waals surface area contributed by atoms with E-state index in [4.69, 9.17) is 11.5 Å². The van der Waals surface area contributed by atoms with Gasteiger partial charge in [0.1, 0.15) is 0 Å². The highest BCUT2D eigenvalue weighted by atomic mass is 14.6. The molecule has 4 N–H and O–H groups in total. The maximum absolute atomic E-state index is 6.21. The molecule has 0 bridgehead atoms. The Morgan fingerprint density at radius 1 is 0.667 bits per heavy atom. The van der Waals surface area contributed by atoms with E-state index >= 15 is 0 Å². The zero-order chi connectivity index (χ0) is 17.2. The second-order valence-corrected chi connectivity index (χ2v) is 7.09. The number of aryl methyl sites for hydroxylation is 1. The van der Waals surface area contributed by atoms with Crippen molar-refractivity contribution in [1.29, 1.82) is 0 Å². The molecule has 0 aliphatic carbocycles. The fraction of sp³-hybridized carbons (Fsp3) is 0.545. The van der Waals surface area contributed by atoms with Crippen molar-refractivity contribution < 1.29 is 0 Å². The number of unbranched alkanes of at least 4 members (excludes halogenated alkanes) is 9. The Hall–Kier alpha value is -1.70. The van der Waals surface area contributed by atoms with Crippen LogP contribution in [0, 0.1) is 0 Å². The Morgan fingerprint density at radius 2 is 1.29 bits per heavy atom. The third kappa shape index (κ3) is 6.07. The number of benzene rings is 2. The van der Waals surface area contributed by atoms with Crippen molar-refractivity contribution in [3.63, 3.8) is 0 Å². The molecular formula is C22H34N2. The van der Waals surface area contributed by atoms with E-state index in [1.807, 2.05) is 18.2 Å². The second kappa shape index (κ2) is 10.2. The molecule has 0 unspecified atom stereocenters. The molecule has 0 aliphatic rings. The second-order valence-electron chi connectivity index (χ2n) is 7.09. The van der Waals surface area contributed by atoms with Crippen LogP contribution in [-0.4, -0.2) is 0 Å². The van der Waals surface area contributed by atoms with Crippen LogP contribution in [0.1, 0.15) is 76.7 Å². The number of nitrogens with two attached hydrogens (primary N) is 2. The molecule has 24 heavy (non-hydrogen) atoms. The van der Waals surface area contributed by atoms with E-state index in [2.05, 4.69) is 19.1 Å². The van der Waals surface area contributed by atoms with Crippen molar-refractivity contribution in [2.24, 2.45) is 0 Å². The van der Waals surface area contributed by atoms with Crippen LogP contribution in [0.3, 0.4) is 0 Å². The fourth-order valence-corrected chi connectivity index (χ4v) is 3.40. The van der Waals surface area contributed by atoms with E-state index in [0.717, 1.165) is 17.8 Å². The van der Waals surface area contributed by atoms with Crippen LogP contribution in [0.4, 0.5) is 11.4 Å². The summed E-state index contributed by atoms with van der Waals surface area (Å²) in [6.45, 7) is 2.28. The first-order chi connectivity index (χ1) is 11.7. The van der Waals surface area contributed by atoms with Gasteiger partial charge in [0.2, 0.25) is 0 Å². The number of rotatable bonds is 11. The minimum absolute atomic E-state index is 0.817. The molecular weight excluding hydrogens is 292 g/mol. The van der Waals surface area contributed by atoms with Gasteiger partial charge in [-0.25, -0.2) is 0 Å². The van der Waals surface area contributed by atoms with E-state index < -0.39 is 0 Å². The maximum atomic E-state index is 6.21. The van der Waals surface area contributed by atoms with Crippen molar-refractivity contribution >= 4 is 22.1 Å². The molecule has 2 aromatic rings. The zero-order valence-corrected chi connectivity index (χ0v) is 15.3. The molecule has 0 fully saturated rings. The number of hydrogen-bond acceptors (Lipinski definition) is 2. The standard InChI is InChI=1S/C22H34N2/c1-2-3-4-5-6-7-8-9-10-11-12-19-15-20-16-21(23)14-13-18(20)17-22(19)24/h13-17H,2-12,23-24H2,1H3. The summed E-state index contributed by atoms with van der Waals surface area (Å²) in [6, 6.07) is 10.3. The minimum Gasteiger partial charge on any atom is -0.399 e. The Labute approximate surface area is 147 Å². The van der Waals surface area contributed by atoms with Crippen molar-refractivity contribution in [1.82, 2.24) is 0 Å². The lowest BCUT2D eigenvalue weighted by Crippen LogP contribution is -1.96. The van der Waals surface area contributed by atoms with Crippen LogP contribution in [0.2, 0.25) is 0 Å². The van der Waals surface area contributed by atoms with Crippen molar-refractivity contribution in [3.8, 4) is 0 Å². The van der Waals surface area contributed by atoms with Crippen molar-refractivity contribution in [3.05, 3.63) is 35.9 Å². The lowest BCUT2D eigenvalue weighted by atomic mass is 9.99. The Kier molecular flexibility index (Phi) is 7.94. The smallest absolute Gasteiger partial charge is 0.0352 e. The molecule has 0 aromatic heterocycles. The quantitative estimate of drug-likeness (QED) is 0.367. The van der Waals surface area contributed by atoms with Crippen LogP contribution < -0.4 is 11.5 Å². The van der Waals surface area contributed by atoms with Gasteiger partial charge in [-0.05, 0) is 53.4 Å². The summed E-state index contributed by atoms with van der Waals surface area (Å²) in [6.07, 6.45) is 14.8. The molecule has 0 saturated heterocycles. The Bertz CT molecular complexity index is 619. The molecule has 0 radical (unpaired) electrons. The molecule has 2 rings (SSSR count). The monoisotopic (exact) mass is 326 g/mol. The summed E-state index contributed by atoms with van der Waals surface area (Å²) in [7, 11) is 0. The van der Waals surface area contributed by atoms with Crippen LogP contribution in [0.15, 0.2) is 30.3 Å². The predicted octanol–water partition coefficient (Wildman–Crippen LogP) is 6.47. The maximum Gasteiger partial charge on any atom is 0.0352 e. The van der Waals surface area contributed by atoms with E-state index in [1.165, 1.54) is 80.5 Å². The summed E-state index contributed by atoms with van der Waals surface area (Å²) in [5, 5.41) is 2.37. The zero-order valence-electron chi connectivity index (χ0n) is 15.3. The average molecular weight is 327 g/mol. The number of nitrogen functional groups attached to an aromatic ring is 2. The number of fused-ring (bicyclic) bond motifs is 1. The molecule has 2 nitrogen and oxygen atoms in total. The normalized spacial score (nSPS) is 11.2. The van der Waals surface area contributed by atoms with Gasteiger partial charge in [-0.3, -0.25) is 0 Å². The SMILES string of the molecule is CCCCCCCCCCCCc1cc2cc(N)ccc2cc1N. The number of hydrogen-bond donors (Lipinski definition) is 2. The molecule has 0 atom stereocenters. The molecule has 2 heteroatoms. The minimum atomic E-state index is 0.817. The van der Waals surface area contributed by atoms with E-state index in [9.17, 15) is 0 Å². The van der Waals surface area contributed by atoms with Crippen molar-refractivity contribution in [2.45, 2.75) is 77.6 Å². The fourth-order valence-electron chi connectivity index (χ4n) is 3.40. The molecule has 132 valence electrons. The lowest BCUT2D eigenvalue weighted by Gasteiger charge is -2.09. The van der Waals surface area contributed by atoms with Gasteiger partial charge in [-0.15, -0.1) is 0 Å². The molecule has 0 amide bonds. The molecule has 0 heterocycles. The van der Waals surface area contributed by atoms with Gasteiger partial charge in [0.15, 0.2) is 0 Å². The van der Waals surface area contributed by atoms with Crippen molar-refractivity contribution in [2.75, 3.05) is 11.5 Å². The highest BCUT2D eigenvalue weighted by Crippen LogP contribution is 2.25. The summed E-state index contributed by atoms with van der Waals surface area (Å²) < 4.78 is 0. The van der Waals surface area contributed by atoms with Gasteiger partial charge in [0, 0.05) is 11.4 Å². The highest BCUT2D eigenvalue weighted by molar-refractivity contribution is 5.89. The average Bonchev–Trinajstić information content (AvgIpc) is 2.57. The first-order valence-electron chi connectivity index (χ1n) is 9.78. The molecule has 0 saturated carbocycles. The topological polar surface area (TPSA) is 52.0 Å². The van der Waals surface area contributed by atoms with Gasteiger partial charge in [-0.1, -0.05) is 70.8 Å². The predicted molar refractivity (Wildman–Crippen MR) is 108 cm³/mol. The summed E-state index contributed by atoms with van der Waals surface area (Å²) in [5.41, 5.74) is 15.1. The summed E-state index contributed by atoms with van der Waals surface area (Å²) >= 11 is 0. The lowest BCUT2D eigenvalue weighted by molar-refractivity contribution is 0.556. The van der Waals surface area contributed by atoms with Gasteiger partial charge in [0.25, 0.3) is 0 Å². The van der Waals surface area contributed by atoms with Crippen LogP contribution >= 0.6 is 0 Å². The first kappa shape index (κ1) is 18.6. The molecule has 2 aromatic carbocycles. The van der Waals surface area contributed by atoms with E-state index in [0.29, 0.717) is 0 Å². The van der Waals surface area contributed by atoms with E-state index in [-0.39, 0.29) is 0 Å². The highest BCUT2D eigenvalue weighted by Gasteiger charge is 2.03. The third-order valence-electron chi connectivity index (χ3n) is 4.92. The largest absolute Gasteiger partial charge is 0.399 e.